The van der Waals surface area contributed by atoms with E-state index in [0.717, 1.165) is 36.2 Å². The van der Waals surface area contributed by atoms with Crippen molar-refractivity contribution in [1.82, 2.24) is 4.72 Å². The van der Waals surface area contributed by atoms with E-state index in [4.69, 9.17) is 11.6 Å². The lowest BCUT2D eigenvalue weighted by atomic mass is 9.95. The number of hydrogen-bond acceptors (Lipinski definition) is 4. The van der Waals surface area contributed by atoms with Crippen molar-refractivity contribution in [3.05, 3.63) is 36.8 Å². The third kappa shape index (κ3) is 2.84. The van der Waals surface area contributed by atoms with Gasteiger partial charge in [-0.1, -0.05) is 11.6 Å². The Hall–Kier alpha value is 0.0800. The maximum absolute atomic E-state index is 12.4. The first kappa shape index (κ1) is 15.0. The highest BCUT2D eigenvalue weighted by molar-refractivity contribution is 9.11. The van der Waals surface area contributed by atoms with Gasteiger partial charge >= 0.3 is 0 Å². The van der Waals surface area contributed by atoms with Crippen LogP contribution < -0.4 is 4.72 Å². The van der Waals surface area contributed by atoms with Crippen LogP contribution in [0.25, 0.3) is 0 Å². The molecule has 20 heavy (non-hydrogen) atoms. The molecule has 8 heteroatoms. The number of rotatable bonds is 3. The van der Waals surface area contributed by atoms with Gasteiger partial charge in [0.1, 0.15) is 4.21 Å². The number of fused-ring (bicyclic) bond motifs is 1. The first-order valence-corrected chi connectivity index (χ1v) is 10.4. The van der Waals surface area contributed by atoms with Crippen molar-refractivity contribution in [2.75, 3.05) is 0 Å². The molecule has 0 aliphatic heterocycles. The van der Waals surface area contributed by atoms with E-state index in [9.17, 15) is 8.42 Å². The average molecular weight is 413 g/mol. The molecule has 0 fully saturated rings. The van der Waals surface area contributed by atoms with Crippen molar-refractivity contribution < 1.29 is 8.42 Å². The highest BCUT2D eigenvalue weighted by Crippen LogP contribution is 2.37. The highest BCUT2D eigenvalue weighted by Gasteiger charge is 2.27. The van der Waals surface area contributed by atoms with Crippen molar-refractivity contribution in [3.63, 3.8) is 0 Å². The monoisotopic (exact) mass is 411 g/mol. The van der Waals surface area contributed by atoms with E-state index in [2.05, 4.69) is 20.7 Å². The minimum Gasteiger partial charge on any atom is -0.206 e. The Balaban J connectivity index is 1.88. The summed E-state index contributed by atoms with van der Waals surface area (Å²) in [6, 6.07) is 3.37. The molecule has 0 spiro atoms. The Labute approximate surface area is 139 Å². The van der Waals surface area contributed by atoms with E-state index in [1.165, 1.54) is 10.9 Å². The van der Waals surface area contributed by atoms with Crippen LogP contribution in [-0.2, 0) is 16.4 Å². The fourth-order valence-electron chi connectivity index (χ4n) is 2.31. The van der Waals surface area contributed by atoms with E-state index >= 15 is 0 Å². The number of sulfonamides is 1. The lowest BCUT2D eigenvalue weighted by Crippen LogP contribution is -2.30. The van der Waals surface area contributed by atoms with E-state index in [1.807, 2.05) is 11.4 Å². The van der Waals surface area contributed by atoms with Gasteiger partial charge in [-0.2, -0.15) is 0 Å². The molecule has 2 aromatic rings. The van der Waals surface area contributed by atoms with Crippen LogP contribution in [0.15, 0.2) is 25.5 Å². The van der Waals surface area contributed by atoms with Gasteiger partial charge < -0.3 is 0 Å². The Morgan fingerprint density at radius 2 is 2.25 bits per heavy atom. The maximum Gasteiger partial charge on any atom is 0.250 e. The van der Waals surface area contributed by atoms with Crippen LogP contribution in [0, 0.1) is 0 Å². The predicted molar refractivity (Wildman–Crippen MR) is 87.3 cm³/mol. The zero-order valence-electron chi connectivity index (χ0n) is 10.2. The molecular weight excluding hydrogens is 402 g/mol. The summed E-state index contributed by atoms with van der Waals surface area (Å²) in [6.45, 7) is 0. The molecule has 1 atom stereocenters. The Bertz CT molecular complexity index is 718. The van der Waals surface area contributed by atoms with Gasteiger partial charge in [0, 0.05) is 10.9 Å². The van der Waals surface area contributed by atoms with Gasteiger partial charge in [0.25, 0.3) is 10.0 Å². The number of halogens is 2. The van der Waals surface area contributed by atoms with E-state index in [0.29, 0.717) is 8.81 Å². The quantitative estimate of drug-likeness (QED) is 0.802. The van der Waals surface area contributed by atoms with Crippen LogP contribution in [0.1, 0.15) is 29.3 Å². The number of nitrogens with one attached hydrogen (secondary N) is 1. The molecule has 0 radical (unpaired) electrons. The van der Waals surface area contributed by atoms with Crippen molar-refractivity contribution in [1.29, 1.82) is 0 Å². The molecule has 1 N–H and O–H groups in total. The van der Waals surface area contributed by atoms with Gasteiger partial charge in [-0.05, 0) is 58.3 Å². The Morgan fingerprint density at radius 3 is 2.95 bits per heavy atom. The third-order valence-electron chi connectivity index (χ3n) is 3.24. The Morgan fingerprint density at radius 1 is 1.45 bits per heavy atom. The van der Waals surface area contributed by atoms with Gasteiger partial charge in [-0.25, -0.2) is 13.1 Å². The van der Waals surface area contributed by atoms with Crippen molar-refractivity contribution in [2.45, 2.75) is 29.5 Å². The summed E-state index contributed by atoms with van der Waals surface area (Å²) in [7, 11) is -3.52. The summed E-state index contributed by atoms with van der Waals surface area (Å²) in [5.41, 5.74) is 1.12. The van der Waals surface area contributed by atoms with Crippen LogP contribution in [0.2, 0.25) is 5.02 Å². The number of thiophene rings is 2. The van der Waals surface area contributed by atoms with Crippen LogP contribution in [-0.4, -0.2) is 8.42 Å². The summed E-state index contributed by atoms with van der Waals surface area (Å²) in [5, 5.41) is 2.45. The SMILES string of the molecule is O=S(=O)(NC1CCCc2sccc21)c1cc(Cl)c(Br)s1. The second kappa shape index (κ2) is 5.70. The molecule has 0 bridgehead atoms. The number of hydrogen-bond donors (Lipinski definition) is 1. The van der Waals surface area contributed by atoms with Gasteiger partial charge in [0.2, 0.25) is 0 Å². The fourth-order valence-corrected chi connectivity index (χ4v) is 6.97. The standard InChI is InChI=1S/C12H11BrClNO2S3/c13-12-8(14)6-11(19-12)20(16,17)15-9-2-1-3-10-7(9)4-5-18-10/h4-6,9,15H,1-3H2. The lowest BCUT2D eigenvalue weighted by molar-refractivity contribution is 0.512. The van der Waals surface area contributed by atoms with Crippen LogP contribution in [0.3, 0.4) is 0 Å². The van der Waals surface area contributed by atoms with Crippen LogP contribution in [0.4, 0.5) is 0 Å². The van der Waals surface area contributed by atoms with E-state index in [1.54, 1.807) is 11.3 Å². The van der Waals surface area contributed by atoms with Gasteiger partial charge in [-0.15, -0.1) is 22.7 Å². The molecule has 2 heterocycles. The summed E-state index contributed by atoms with van der Waals surface area (Å²) in [6.07, 6.45) is 2.89. The smallest absolute Gasteiger partial charge is 0.206 e. The zero-order valence-corrected chi connectivity index (χ0v) is 15.0. The molecule has 3 rings (SSSR count). The largest absolute Gasteiger partial charge is 0.250 e. The normalized spacial score (nSPS) is 19.0. The second-order valence-corrected chi connectivity index (χ2v) is 10.3. The fraction of sp³-hybridized carbons (Fsp3) is 0.333. The van der Waals surface area contributed by atoms with Gasteiger partial charge in [0.05, 0.1) is 8.81 Å². The molecular formula is C12H11BrClNO2S3. The van der Waals surface area contributed by atoms with Gasteiger partial charge in [-0.3, -0.25) is 0 Å². The van der Waals surface area contributed by atoms with E-state index in [-0.39, 0.29) is 10.3 Å². The van der Waals surface area contributed by atoms with Gasteiger partial charge in [0.15, 0.2) is 0 Å². The van der Waals surface area contributed by atoms with Crippen molar-refractivity contribution in [3.8, 4) is 0 Å². The van der Waals surface area contributed by atoms with Crippen LogP contribution in [0.5, 0.6) is 0 Å². The van der Waals surface area contributed by atoms with E-state index < -0.39 is 10.0 Å². The topological polar surface area (TPSA) is 46.2 Å². The summed E-state index contributed by atoms with van der Waals surface area (Å²) in [5.74, 6) is 0. The second-order valence-electron chi connectivity index (χ2n) is 4.55. The average Bonchev–Trinajstić information content (AvgIpc) is 2.98. The lowest BCUT2D eigenvalue weighted by Gasteiger charge is -2.23. The molecule has 108 valence electrons. The first-order chi connectivity index (χ1) is 9.47. The summed E-state index contributed by atoms with van der Waals surface area (Å²) >= 11 is 12.0. The maximum atomic E-state index is 12.4. The van der Waals surface area contributed by atoms with Crippen molar-refractivity contribution in [2.24, 2.45) is 0 Å². The minimum atomic E-state index is -3.52. The molecule has 0 saturated heterocycles. The Kier molecular flexibility index (Phi) is 4.27. The molecule has 0 saturated carbocycles. The predicted octanol–water partition coefficient (Wildman–Crippen LogP) is 4.58. The minimum absolute atomic E-state index is 0.130. The molecule has 0 amide bonds. The number of aryl methyl sites for hydroxylation is 1. The molecule has 2 aromatic heterocycles. The molecule has 3 nitrogen and oxygen atoms in total. The summed E-state index contributed by atoms with van der Waals surface area (Å²) in [4.78, 5) is 1.29. The molecule has 1 aliphatic carbocycles. The highest BCUT2D eigenvalue weighted by atomic mass is 79.9. The molecule has 1 unspecified atom stereocenters. The van der Waals surface area contributed by atoms with Crippen LogP contribution >= 0.6 is 50.2 Å². The first-order valence-electron chi connectivity index (χ1n) is 6.01. The zero-order chi connectivity index (χ0) is 14.3. The van der Waals surface area contributed by atoms with Crippen molar-refractivity contribution >= 4 is 60.2 Å². The molecule has 0 aromatic carbocycles. The third-order valence-corrected chi connectivity index (χ3v) is 8.65. The molecule has 1 aliphatic rings. The summed E-state index contributed by atoms with van der Waals surface area (Å²) < 4.78 is 28.5.